The lowest BCUT2D eigenvalue weighted by atomic mass is 10.1. The number of carbonyl (C=O) groups excluding carboxylic acids is 1. The molecule has 2 atom stereocenters. The highest BCUT2D eigenvalue weighted by atomic mass is 32.2. The molecule has 1 saturated heterocycles. The van der Waals surface area contributed by atoms with Crippen LogP contribution in [-0.2, 0) is 19.6 Å². The second kappa shape index (κ2) is 7.75. The minimum Gasteiger partial charge on any atom is -0.380 e. The minimum absolute atomic E-state index is 0.0208. The average molecular weight is 332 g/mol. The molecular weight excluding hydrogens is 304 g/mol. The van der Waals surface area contributed by atoms with Crippen LogP contribution in [0.5, 0.6) is 0 Å². The van der Waals surface area contributed by atoms with E-state index < -0.39 is 10.0 Å². The molecular formula is C15H28N2O4S. The largest absolute Gasteiger partial charge is 0.380 e. The normalized spacial score (nSPS) is 24.8. The van der Waals surface area contributed by atoms with Gasteiger partial charge in [-0.25, -0.2) is 13.1 Å². The molecule has 1 saturated carbocycles. The molecule has 0 aromatic heterocycles. The fraction of sp³-hybridized carbons (Fsp3) is 0.933. The molecule has 128 valence electrons. The maximum atomic E-state index is 12.4. The van der Waals surface area contributed by atoms with E-state index >= 15 is 0 Å². The lowest BCUT2D eigenvalue weighted by Gasteiger charge is -2.21. The Labute approximate surface area is 133 Å². The van der Waals surface area contributed by atoms with Gasteiger partial charge in [0.25, 0.3) is 0 Å². The number of amides is 1. The molecule has 1 amide bonds. The number of sulfonamides is 1. The molecule has 1 heterocycles. The van der Waals surface area contributed by atoms with Crippen molar-refractivity contribution in [2.75, 3.05) is 26.0 Å². The van der Waals surface area contributed by atoms with Crippen LogP contribution in [0, 0.1) is 5.92 Å². The monoisotopic (exact) mass is 332 g/mol. The van der Waals surface area contributed by atoms with Gasteiger partial charge < -0.3 is 9.64 Å². The van der Waals surface area contributed by atoms with E-state index in [9.17, 15) is 13.2 Å². The third-order valence-corrected chi connectivity index (χ3v) is 6.25. The number of nitrogens with one attached hydrogen (secondary N) is 1. The number of hydrogen-bond donors (Lipinski definition) is 1. The number of rotatable bonds is 7. The predicted octanol–water partition coefficient (Wildman–Crippen LogP) is 1.12. The topological polar surface area (TPSA) is 75.7 Å². The Morgan fingerprint density at radius 2 is 2.00 bits per heavy atom. The molecule has 2 aliphatic rings. The molecule has 0 spiro atoms. The molecule has 1 aliphatic carbocycles. The summed E-state index contributed by atoms with van der Waals surface area (Å²) in [6.07, 6.45) is 5.31. The number of nitrogens with zero attached hydrogens (tertiary/aromatic N) is 1. The first-order chi connectivity index (χ1) is 10.4. The van der Waals surface area contributed by atoms with Crippen LogP contribution in [0.25, 0.3) is 0 Å². The Morgan fingerprint density at radius 3 is 2.59 bits per heavy atom. The molecule has 22 heavy (non-hydrogen) atoms. The molecule has 0 aromatic carbocycles. The smallest absolute Gasteiger partial charge is 0.225 e. The van der Waals surface area contributed by atoms with Gasteiger partial charge in [-0.1, -0.05) is 19.8 Å². The van der Waals surface area contributed by atoms with Gasteiger partial charge in [0.15, 0.2) is 0 Å². The van der Waals surface area contributed by atoms with Crippen LogP contribution in [0.15, 0.2) is 0 Å². The quantitative estimate of drug-likeness (QED) is 0.758. The first kappa shape index (κ1) is 17.7. The summed E-state index contributed by atoms with van der Waals surface area (Å²) in [6, 6.07) is -0.162. The third-order valence-electron chi connectivity index (χ3n) is 4.74. The van der Waals surface area contributed by atoms with Gasteiger partial charge in [-0.2, -0.15) is 0 Å². The van der Waals surface area contributed by atoms with E-state index in [1.165, 1.54) is 7.11 Å². The van der Waals surface area contributed by atoms with Crippen molar-refractivity contribution in [3.05, 3.63) is 0 Å². The van der Waals surface area contributed by atoms with Crippen LogP contribution >= 0.6 is 0 Å². The van der Waals surface area contributed by atoms with E-state index in [2.05, 4.69) is 4.72 Å². The van der Waals surface area contributed by atoms with Gasteiger partial charge in [-0.15, -0.1) is 0 Å². The lowest BCUT2D eigenvalue weighted by molar-refractivity contribution is -0.134. The maximum absolute atomic E-state index is 12.4. The second-order valence-electron chi connectivity index (χ2n) is 6.42. The zero-order valence-corrected chi connectivity index (χ0v) is 14.4. The Hall–Kier alpha value is -0.660. The summed E-state index contributed by atoms with van der Waals surface area (Å²) in [5.41, 5.74) is 0. The molecule has 2 fully saturated rings. The van der Waals surface area contributed by atoms with Gasteiger partial charge in [0.1, 0.15) is 0 Å². The lowest BCUT2D eigenvalue weighted by Crippen LogP contribution is -2.42. The average Bonchev–Trinajstić information content (AvgIpc) is 3.15. The van der Waals surface area contributed by atoms with Crippen LogP contribution in [0.1, 0.15) is 45.4 Å². The Kier molecular flexibility index (Phi) is 6.23. The van der Waals surface area contributed by atoms with Crippen molar-refractivity contribution in [2.24, 2.45) is 5.92 Å². The van der Waals surface area contributed by atoms with Crippen molar-refractivity contribution in [1.82, 2.24) is 9.62 Å². The van der Waals surface area contributed by atoms with E-state index in [0.29, 0.717) is 25.9 Å². The Balaban J connectivity index is 1.83. The van der Waals surface area contributed by atoms with E-state index in [4.69, 9.17) is 4.74 Å². The van der Waals surface area contributed by atoms with Crippen LogP contribution in [0.2, 0.25) is 0 Å². The summed E-state index contributed by atoms with van der Waals surface area (Å²) in [7, 11) is -1.84. The molecule has 7 heteroatoms. The van der Waals surface area contributed by atoms with Gasteiger partial charge in [0.05, 0.1) is 11.9 Å². The van der Waals surface area contributed by atoms with Crippen LogP contribution < -0.4 is 4.72 Å². The summed E-state index contributed by atoms with van der Waals surface area (Å²) in [5.74, 6) is 0.350. The van der Waals surface area contributed by atoms with Crippen molar-refractivity contribution in [1.29, 1.82) is 0 Å². The number of carbonyl (C=O) groups is 1. The first-order valence-electron chi connectivity index (χ1n) is 8.26. The Morgan fingerprint density at radius 1 is 1.32 bits per heavy atom. The van der Waals surface area contributed by atoms with Crippen molar-refractivity contribution in [2.45, 2.75) is 57.6 Å². The van der Waals surface area contributed by atoms with Crippen molar-refractivity contribution < 1.29 is 17.9 Å². The Bertz CT molecular complexity index is 470. The summed E-state index contributed by atoms with van der Waals surface area (Å²) < 4.78 is 32.2. The standard InChI is InChI=1S/C15H28N2O4S/c1-3-14(21-2)11-22(19,20)16-13-8-9-17(10-13)15(18)12-6-4-5-7-12/h12-14,16H,3-11H2,1-2H3. The molecule has 0 bridgehead atoms. The fourth-order valence-electron chi connectivity index (χ4n) is 3.39. The second-order valence-corrected chi connectivity index (χ2v) is 8.21. The van der Waals surface area contributed by atoms with Gasteiger partial charge in [-0.05, 0) is 25.7 Å². The molecule has 1 N–H and O–H groups in total. The highest BCUT2D eigenvalue weighted by molar-refractivity contribution is 7.89. The first-order valence-corrected chi connectivity index (χ1v) is 9.92. The fourth-order valence-corrected chi connectivity index (χ4v) is 5.04. The zero-order valence-electron chi connectivity index (χ0n) is 13.6. The third kappa shape index (κ3) is 4.67. The summed E-state index contributed by atoms with van der Waals surface area (Å²) in [5, 5.41) is 0. The van der Waals surface area contributed by atoms with E-state index in [0.717, 1.165) is 25.7 Å². The highest BCUT2D eigenvalue weighted by Crippen LogP contribution is 2.27. The van der Waals surface area contributed by atoms with Crippen molar-refractivity contribution in [3.63, 3.8) is 0 Å². The van der Waals surface area contributed by atoms with Gasteiger partial charge in [0.2, 0.25) is 15.9 Å². The summed E-state index contributed by atoms with van der Waals surface area (Å²) in [6.45, 7) is 3.06. The number of methoxy groups -OCH3 is 1. The molecule has 2 unspecified atom stereocenters. The number of ether oxygens (including phenoxy) is 1. The summed E-state index contributed by atoms with van der Waals surface area (Å²) >= 11 is 0. The predicted molar refractivity (Wildman–Crippen MR) is 85.0 cm³/mol. The summed E-state index contributed by atoms with van der Waals surface area (Å²) in [4.78, 5) is 14.2. The van der Waals surface area contributed by atoms with Crippen LogP contribution in [0.4, 0.5) is 0 Å². The number of likely N-dealkylation sites (tertiary alicyclic amines) is 1. The van der Waals surface area contributed by atoms with E-state index in [1.807, 2.05) is 11.8 Å². The molecule has 0 aromatic rings. The maximum Gasteiger partial charge on any atom is 0.225 e. The van der Waals surface area contributed by atoms with E-state index in [1.54, 1.807) is 0 Å². The minimum atomic E-state index is -3.37. The van der Waals surface area contributed by atoms with Crippen molar-refractivity contribution in [3.8, 4) is 0 Å². The van der Waals surface area contributed by atoms with Crippen molar-refractivity contribution >= 4 is 15.9 Å². The number of hydrogen-bond acceptors (Lipinski definition) is 4. The van der Waals surface area contributed by atoms with E-state index in [-0.39, 0.29) is 29.7 Å². The molecule has 1 aliphatic heterocycles. The van der Waals surface area contributed by atoms with Gasteiger partial charge in [0, 0.05) is 32.2 Å². The molecule has 2 rings (SSSR count). The van der Waals surface area contributed by atoms with Gasteiger partial charge in [-0.3, -0.25) is 4.79 Å². The van der Waals surface area contributed by atoms with Gasteiger partial charge >= 0.3 is 0 Å². The van der Waals surface area contributed by atoms with Crippen LogP contribution in [0.3, 0.4) is 0 Å². The molecule has 0 radical (unpaired) electrons. The SMILES string of the molecule is CCC(CS(=O)(=O)NC1CCN(C(=O)C2CCCC2)C1)OC. The zero-order chi connectivity index (χ0) is 16.2. The molecule has 6 nitrogen and oxygen atoms in total. The highest BCUT2D eigenvalue weighted by Gasteiger charge is 2.34. The van der Waals surface area contributed by atoms with Crippen LogP contribution in [-0.4, -0.2) is 57.3 Å².